The molecule has 15 heteroatoms. The minimum absolute atomic E-state index is 0.0394. The third kappa shape index (κ3) is 6.24. The van der Waals surface area contributed by atoms with Gasteiger partial charge in [0.15, 0.2) is 0 Å². The molecule has 5 rings (SSSR count). The molecule has 1 saturated heterocycles. The van der Waals surface area contributed by atoms with Crippen molar-refractivity contribution in [1.82, 2.24) is 25.2 Å². The van der Waals surface area contributed by atoms with Crippen LogP contribution in [0.3, 0.4) is 0 Å². The van der Waals surface area contributed by atoms with Gasteiger partial charge in [-0.3, -0.25) is 14.4 Å². The number of β-amino-alcohol motifs (C(OH)–C–C–N with tert-alkyl or cyclic N) is 1. The number of nitrogens with one attached hydrogen (secondary N) is 3. The third-order valence-corrected chi connectivity index (χ3v) is 7.61. The minimum Gasteiger partial charge on any atom is -0.480 e. The Bertz CT molecular complexity index is 1810. The number of likely N-dealkylation sites (tertiary alicyclic amines) is 1. The van der Waals surface area contributed by atoms with Crippen molar-refractivity contribution >= 4 is 45.4 Å². The first-order valence-corrected chi connectivity index (χ1v) is 13.9. The molecule has 2 aromatic heterocycles. The Morgan fingerprint density at radius 1 is 1.14 bits per heavy atom. The van der Waals surface area contributed by atoms with E-state index >= 15 is 0 Å². The maximum absolute atomic E-state index is 14.4. The summed E-state index contributed by atoms with van der Waals surface area (Å²) in [5.74, 6) is -2.85. The van der Waals surface area contributed by atoms with E-state index in [-0.39, 0.29) is 65.9 Å². The number of benzene rings is 2. The van der Waals surface area contributed by atoms with E-state index < -0.39 is 59.9 Å². The summed E-state index contributed by atoms with van der Waals surface area (Å²) in [7, 11) is 0. The van der Waals surface area contributed by atoms with Crippen LogP contribution in [0.5, 0.6) is 0 Å². The number of aliphatic carboxylic acids is 1. The third-order valence-electron chi connectivity index (χ3n) is 7.61. The van der Waals surface area contributed by atoms with Crippen molar-refractivity contribution in [3.8, 4) is 11.4 Å². The van der Waals surface area contributed by atoms with Gasteiger partial charge >= 0.3 is 5.97 Å². The number of H-pyrrole nitrogens is 2. The summed E-state index contributed by atoms with van der Waals surface area (Å²) in [6, 6.07) is 7.64. The summed E-state index contributed by atoms with van der Waals surface area (Å²) < 4.78 is 14.4. The van der Waals surface area contributed by atoms with Crippen LogP contribution in [0.2, 0.25) is 0 Å². The number of hydrogen-bond donors (Lipinski definition) is 8. The van der Waals surface area contributed by atoms with Gasteiger partial charge in [0, 0.05) is 25.1 Å². The van der Waals surface area contributed by atoms with E-state index in [1.165, 1.54) is 30.3 Å². The number of amides is 2. The molecule has 3 heterocycles. The van der Waals surface area contributed by atoms with Gasteiger partial charge in [-0.2, -0.15) is 0 Å². The van der Waals surface area contributed by atoms with Gasteiger partial charge in [0.05, 0.1) is 52.4 Å². The number of nitrogen functional groups attached to an aromatic ring is 1. The first-order chi connectivity index (χ1) is 20.9. The molecule has 1 fully saturated rings. The number of pyridine rings is 1. The number of fused-ring (bicyclic) bond motifs is 2. The van der Waals surface area contributed by atoms with Crippen molar-refractivity contribution in [2.75, 3.05) is 18.8 Å². The SMILES string of the molecule is Nc1c(-c2nc3ccc(C(=O)NCC[C@@H](O)C[C@@H](O)CC(=O)N4CC(O)CC4C(=O)O)cc3[nH]2)c(=O)[nH]c2cccc(F)c12. The van der Waals surface area contributed by atoms with E-state index in [2.05, 4.69) is 20.3 Å². The standard InChI is InChI=1S/C29H31FN6O8/c30-17-2-1-3-19-23(17)25(31)24(28(42)35-19)26-33-18-5-4-13(8-20(18)34-26)27(41)32-7-6-14(37)9-15(38)11-22(40)36-12-16(39)10-21(36)29(43)44/h1-5,8,14-16,21,37-39H,6-7,9-12H2,(H,32,41)(H,33,34)(H,43,44)(H3,31,35,42)/t14-,15-,16?,21?/m1/s1. The molecule has 44 heavy (non-hydrogen) atoms. The largest absolute Gasteiger partial charge is 0.480 e. The average molecular weight is 611 g/mol. The number of aromatic nitrogens is 3. The number of aliphatic hydroxyl groups is 3. The summed E-state index contributed by atoms with van der Waals surface area (Å²) in [6.45, 7) is -0.0978. The summed E-state index contributed by atoms with van der Waals surface area (Å²) in [5, 5.41) is 42.2. The fourth-order valence-electron chi connectivity index (χ4n) is 5.45. The van der Waals surface area contributed by atoms with Crippen LogP contribution in [-0.2, 0) is 9.59 Å². The molecule has 232 valence electrons. The second-order valence-electron chi connectivity index (χ2n) is 10.8. The predicted octanol–water partition coefficient (Wildman–Crippen LogP) is 0.461. The fraction of sp³-hybridized carbons (Fsp3) is 0.345. The van der Waals surface area contributed by atoms with Crippen molar-refractivity contribution in [3.63, 3.8) is 0 Å². The number of hydrogen-bond acceptors (Lipinski definition) is 9. The van der Waals surface area contributed by atoms with Crippen molar-refractivity contribution in [2.24, 2.45) is 0 Å². The van der Waals surface area contributed by atoms with Crippen LogP contribution in [0.4, 0.5) is 10.1 Å². The van der Waals surface area contributed by atoms with E-state index in [0.29, 0.717) is 11.0 Å². The highest BCUT2D eigenvalue weighted by molar-refractivity contribution is 6.00. The first-order valence-electron chi connectivity index (χ1n) is 13.9. The highest BCUT2D eigenvalue weighted by Gasteiger charge is 2.39. The van der Waals surface area contributed by atoms with E-state index in [4.69, 9.17) is 5.73 Å². The lowest BCUT2D eigenvalue weighted by molar-refractivity contribution is -0.149. The van der Waals surface area contributed by atoms with E-state index in [0.717, 1.165) is 4.90 Å². The molecule has 1 aliphatic heterocycles. The van der Waals surface area contributed by atoms with Crippen molar-refractivity contribution in [2.45, 2.75) is 50.0 Å². The van der Waals surface area contributed by atoms with Crippen LogP contribution in [0.25, 0.3) is 33.3 Å². The second kappa shape index (κ2) is 12.4. The maximum atomic E-state index is 14.4. The van der Waals surface area contributed by atoms with Crippen LogP contribution < -0.4 is 16.6 Å². The molecule has 2 amide bonds. The van der Waals surface area contributed by atoms with Crippen LogP contribution in [-0.4, -0.2) is 95.5 Å². The maximum Gasteiger partial charge on any atom is 0.326 e. The Morgan fingerprint density at radius 2 is 1.91 bits per heavy atom. The molecule has 0 bridgehead atoms. The highest BCUT2D eigenvalue weighted by atomic mass is 19.1. The Labute approximate surface area is 248 Å². The number of halogens is 1. The highest BCUT2D eigenvalue weighted by Crippen LogP contribution is 2.30. The van der Waals surface area contributed by atoms with Crippen molar-refractivity contribution < 1.29 is 39.2 Å². The number of imidazole rings is 1. The molecule has 0 spiro atoms. The van der Waals surface area contributed by atoms with E-state index in [1.54, 1.807) is 6.07 Å². The molecule has 2 unspecified atom stereocenters. The van der Waals surface area contributed by atoms with Gasteiger partial charge in [-0.15, -0.1) is 0 Å². The van der Waals surface area contributed by atoms with E-state index in [1.807, 2.05) is 0 Å². The lowest BCUT2D eigenvalue weighted by Gasteiger charge is -2.23. The number of carboxylic acid groups (broad SMARTS) is 1. The zero-order chi connectivity index (χ0) is 31.7. The summed E-state index contributed by atoms with van der Waals surface area (Å²) in [4.78, 5) is 60.2. The molecule has 4 atom stereocenters. The van der Waals surface area contributed by atoms with Gasteiger partial charge < -0.3 is 46.3 Å². The number of carbonyl (C=O) groups excluding carboxylic acids is 2. The van der Waals surface area contributed by atoms with Crippen LogP contribution >= 0.6 is 0 Å². The van der Waals surface area contributed by atoms with E-state index in [9.17, 15) is 44.0 Å². The van der Waals surface area contributed by atoms with Crippen molar-refractivity contribution in [3.05, 3.63) is 58.1 Å². The first kappa shape index (κ1) is 30.6. The van der Waals surface area contributed by atoms with Gasteiger partial charge in [0.1, 0.15) is 23.2 Å². The number of carboxylic acids is 1. The van der Waals surface area contributed by atoms with Gasteiger partial charge in [-0.1, -0.05) is 6.07 Å². The zero-order valence-corrected chi connectivity index (χ0v) is 23.3. The quantitative estimate of drug-likeness (QED) is 0.123. The summed E-state index contributed by atoms with van der Waals surface area (Å²) in [5.41, 5.74) is 6.83. The minimum atomic E-state index is -1.25. The fourth-order valence-corrected chi connectivity index (χ4v) is 5.45. The Morgan fingerprint density at radius 3 is 2.66 bits per heavy atom. The topological polar surface area (TPSA) is 235 Å². The van der Waals surface area contributed by atoms with Gasteiger partial charge in [-0.05, 0) is 43.2 Å². The van der Waals surface area contributed by atoms with Crippen molar-refractivity contribution in [1.29, 1.82) is 0 Å². The molecular formula is C29H31FN6O8. The summed E-state index contributed by atoms with van der Waals surface area (Å²) >= 11 is 0. The molecule has 1 aliphatic rings. The number of aliphatic hydroxyl groups excluding tert-OH is 3. The number of nitrogens with zero attached hydrogens (tertiary/aromatic N) is 2. The molecule has 0 aliphatic carbocycles. The lowest BCUT2D eigenvalue weighted by atomic mass is 10.1. The van der Waals surface area contributed by atoms with Crippen LogP contribution in [0.1, 0.15) is 36.0 Å². The molecule has 0 saturated carbocycles. The number of rotatable bonds is 10. The summed E-state index contributed by atoms with van der Waals surface area (Å²) in [6.07, 6.45) is -3.90. The second-order valence-corrected chi connectivity index (χ2v) is 10.8. The Hall–Kier alpha value is -4.86. The average Bonchev–Trinajstić information content (AvgIpc) is 3.55. The van der Waals surface area contributed by atoms with Gasteiger partial charge in [-0.25, -0.2) is 14.2 Å². The number of carbonyl (C=O) groups is 3. The van der Waals surface area contributed by atoms with Gasteiger partial charge in [0.2, 0.25) is 5.91 Å². The predicted molar refractivity (Wildman–Crippen MR) is 156 cm³/mol. The van der Waals surface area contributed by atoms with Crippen LogP contribution in [0, 0.1) is 5.82 Å². The number of aromatic amines is 2. The van der Waals surface area contributed by atoms with Gasteiger partial charge in [0.25, 0.3) is 11.5 Å². The van der Waals surface area contributed by atoms with Crippen LogP contribution in [0.15, 0.2) is 41.2 Å². The lowest BCUT2D eigenvalue weighted by Crippen LogP contribution is -2.42. The molecule has 0 radical (unpaired) electrons. The molecule has 14 nitrogen and oxygen atoms in total. The molecule has 2 aromatic carbocycles. The normalized spacial score (nSPS) is 18.0. The zero-order valence-electron chi connectivity index (χ0n) is 23.3. The molecular weight excluding hydrogens is 579 g/mol. The number of anilines is 1. The molecule has 9 N–H and O–H groups in total. The molecule has 4 aromatic rings. The monoisotopic (exact) mass is 610 g/mol. The smallest absolute Gasteiger partial charge is 0.326 e. The number of nitrogens with two attached hydrogens (primary N) is 1. The Balaban J connectivity index is 1.17. The Kier molecular flexibility index (Phi) is 8.62.